The van der Waals surface area contributed by atoms with Crippen molar-refractivity contribution in [1.82, 2.24) is 9.88 Å². The summed E-state index contributed by atoms with van der Waals surface area (Å²) in [5, 5.41) is 11.9. The zero-order valence-corrected chi connectivity index (χ0v) is 13.2. The average molecular weight is 366 g/mol. The second-order valence-electron chi connectivity index (χ2n) is 4.34. The van der Waals surface area contributed by atoms with Crippen molar-refractivity contribution in [2.24, 2.45) is 0 Å². The van der Waals surface area contributed by atoms with E-state index in [1.165, 1.54) is 12.3 Å². The number of carbonyl (C=O) groups excluding carboxylic acids is 1. The van der Waals surface area contributed by atoms with E-state index in [-0.39, 0.29) is 18.7 Å². The zero-order valence-electron chi connectivity index (χ0n) is 11.7. The summed E-state index contributed by atoms with van der Waals surface area (Å²) in [7, 11) is 0. The zero-order chi connectivity index (χ0) is 15.8. The number of carbonyl (C=O) groups is 1. The fourth-order valence-electron chi connectivity index (χ4n) is 1.72. The molecule has 5 nitrogen and oxygen atoms in total. The van der Waals surface area contributed by atoms with E-state index in [0.29, 0.717) is 16.8 Å². The smallest absolute Gasteiger partial charge is 0.257 e. The molecule has 8 heteroatoms. The predicted molar refractivity (Wildman–Crippen MR) is 79.7 cm³/mol. The molecule has 0 unspecified atom stereocenters. The Hall–Kier alpha value is -1.28. The number of rotatable bonds is 8. The number of nitrogens with zero attached hydrogens (tertiary/aromatic N) is 2. The van der Waals surface area contributed by atoms with Gasteiger partial charge in [0.15, 0.2) is 0 Å². The van der Waals surface area contributed by atoms with Gasteiger partial charge in [0.25, 0.3) is 12.3 Å². The lowest BCUT2D eigenvalue weighted by Crippen LogP contribution is -2.37. The van der Waals surface area contributed by atoms with Crippen LogP contribution in [0, 0.1) is 0 Å². The molecular formula is C13H18BrF2N3O2. The minimum Gasteiger partial charge on any atom is -0.395 e. The number of aliphatic hydroxyl groups is 1. The van der Waals surface area contributed by atoms with Crippen molar-refractivity contribution in [3.05, 3.63) is 22.3 Å². The molecule has 0 bridgehead atoms. The van der Waals surface area contributed by atoms with Gasteiger partial charge < -0.3 is 15.3 Å². The lowest BCUT2D eigenvalue weighted by molar-refractivity contribution is 0.0509. The minimum absolute atomic E-state index is 0.150. The summed E-state index contributed by atoms with van der Waals surface area (Å²) in [6.45, 7) is 1.33. The first-order valence-electron chi connectivity index (χ1n) is 6.57. The topological polar surface area (TPSA) is 65.5 Å². The Morgan fingerprint density at radius 1 is 1.57 bits per heavy atom. The molecule has 1 aromatic rings. The van der Waals surface area contributed by atoms with Crippen molar-refractivity contribution in [3.8, 4) is 0 Å². The van der Waals surface area contributed by atoms with Gasteiger partial charge in [-0.2, -0.15) is 0 Å². The van der Waals surface area contributed by atoms with Crippen LogP contribution < -0.4 is 5.32 Å². The molecule has 0 aliphatic heterocycles. The third kappa shape index (κ3) is 5.55. The van der Waals surface area contributed by atoms with Crippen LogP contribution in [-0.4, -0.2) is 53.6 Å². The normalized spacial score (nSPS) is 10.8. The van der Waals surface area contributed by atoms with E-state index in [0.717, 1.165) is 11.3 Å². The van der Waals surface area contributed by atoms with Gasteiger partial charge in [0.05, 0.1) is 18.7 Å². The molecule has 21 heavy (non-hydrogen) atoms. The molecule has 1 rings (SSSR count). The number of anilines is 1. The number of aliphatic hydroxyl groups excluding tert-OH is 1. The van der Waals surface area contributed by atoms with E-state index >= 15 is 0 Å². The van der Waals surface area contributed by atoms with Crippen LogP contribution in [-0.2, 0) is 0 Å². The molecular weight excluding hydrogens is 348 g/mol. The van der Waals surface area contributed by atoms with Crippen molar-refractivity contribution in [1.29, 1.82) is 0 Å². The van der Waals surface area contributed by atoms with Gasteiger partial charge in [0.1, 0.15) is 5.82 Å². The van der Waals surface area contributed by atoms with E-state index in [1.807, 2.05) is 6.92 Å². The van der Waals surface area contributed by atoms with Crippen molar-refractivity contribution in [3.63, 3.8) is 0 Å². The monoisotopic (exact) mass is 365 g/mol. The van der Waals surface area contributed by atoms with Crippen molar-refractivity contribution in [2.45, 2.75) is 19.8 Å². The van der Waals surface area contributed by atoms with Crippen LogP contribution in [0.25, 0.3) is 0 Å². The highest BCUT2D eigenvalue weighted by molar-refractivity contribution is 9.10. The maximum Gasteiger partial charge on any atom is 0.257 e. The minimum atomic E-state index is -2.66. The second kappa shape index (κ2) is 8.89. The molecule has 2 N–H and O–H groups in total. The molecule has 0 spiro atoms. The fraction of sp³-hybridized carbons (Fsp3) is 0.538. The average Bonchev–Trinajstić information content (AvgIpc) is 2.44. The van der Waals surface area contributed by atoms with Crippen LogP contribution in [0.15, 0.2) is 16.7 Å². The highest BCUT2D eigenvalue weighted by Gasteiger charge is 2.22. The van der Waals surface area contributed by atoms with E-state index in [4.69, 9.17) is 5.11 Å². The van der Waals surface area contributed by atoms with E-state index in [1.54, 1.807) is 0 Å². The van der Waals surface area contributed by atoms with Crippen LogP contribution >= 0.6 is 15.9 Å². The first-order valence-corrected chi connectivity index (χ1v) is 7.36. The van der Waals surface area contributed by atoms with Crippen LogP contribution in [0.3, 0.4) is 0 Å². The molecule has 0 aromatic carbocycles. The molecule has 0 fully saturated rings. The summed E-state index contributed by atoms with van der Waals surface area (Å²) in [4.78, 5) is 17.4. The Morgan fingerprint density at radius 3 is 2.86 bits per heavy atom. The number of hydrogen-bond donors (Lipinski definition) is 2. The Labute approximate surface area is 130 Å². The summed E-state index contributed by atoms with van der Waals surface area (Å²) in [5.41, 5.74) is 0.201. The summed E-state index contributed by atoms with van der Waals surface area (Å²) < 4.78 is 25.7. The fourth-order valence-corrected chi connectivity index (χ4v) is 2.05. The van der Waals surface area contributed by atoms with E-state index in [9.17, 15) is 13.6 Å². The molecule has 1 amide bonds. The maximum atomic E-state index is 12.6. The second-order valence-corrected chi connectivity index (χ2v) is 5.26. The first-order chi connectivity index (χ1) is 9.99. The molecule has 0 atom stereocenters. The number of pyridine rings is 1. The predicted octanol–water partition coefficient (Wildman–Crippen LogP) is 2.37. The van der Waals surface area contributed by atoms with Crippen molar-refractivity contribution >= 4 is 27.7 Å². The van der Waals surface area contributed by atoms with Gasteiger partial charge in [-0.05, 0) is 28.4 Å². The third-order valence-corrected chi connectivity index (χ3v) is 3.08. The van der Waals surface area contributed by atoms with E-state index < -0.39 is 18.9 Å². The van der Waals surface area contributed by atoms with Crippen LogP contribution in [0.4, 0.5) is 14.6 Å². The van der Waals surface area contributed by atoms with Crippen molar-refractivity contribution < 1.29 is 18.7 Å². The molecule has 0 radical (unpaired) electrons. The number of nitrogens with one attached hydrogen (secondary N) is 1. The number of halogens is 3. The molecule has 0 saturated heterocycles. The summed E-state index contributed by atoms with van der Waals surface area (Å²) >= 11 is 3.21. The van der Waals surface area contributed by atoms with Crippen molar-refractivity contribution in [2.75, 3.05) is 31.6 Å². The van der Waals surface area contributed by atoms with Gasteiger partial charge in [-0.15, -0.1) is 0 Å². The van der Waals surface area contributed by atoms with Crippen LogP contribution in [0.1, 0.15) is 23.7 Å². The van der Waals surface area contributed by atoms with Gasteiger partial charge >= 0.3 is 0 Å². The molecule has 1 aromatic heterocycles. The Kier molecular flexibility index (Phi) is 7.52. The number of aromatic nitrogens is 1. The summed E-state index contributed by atoms with van der Waals surface area (Å²) in [6.07, 6.45) is -0.297. The molecule has 118 valence electrons. The number of amides is 1. The maximum absolute atomic E-state index is 12.6. The highest BCUT2D eigenvalue weighted by atomic mass is 79.9. The highest BCUT2D eigenvalue weighted by Crippen LogP contribution is 2.20. The Bertz CT molecular complexity index is 475. The molecule has 1 heterocycles. The largest absolute Gasteiger partial charge is 0.395 e. The Morgan fingerprint density at radius 2 is 2.29 bits per heavy atom. The quantitative estimate of drug-likeness (QED) is 0.742. The SMILES string of the molecule is CCCNc1ncc(Br)cc1C(=O)N(CCO)CC(F)F. The van der Waals surface area contributed by atoms with Gasteiger partial charge in [0.2, 0.25) is 0 Å². The van der Waals surface area contributed by atoms with Gasteiger partial charge in [0, 0.05) is 23.8 Å². The number of hydrogen-bond acceptors (Lipinski definition) is 4. The Balaban J connectivity index is 3.03. The van der Waals surface area contributed by atoms with Gasteiger partial charge in [-0.1, -0.05) is 6.92 Å². The third-order valence-electron chi connectivity index (χ3n) is 2.64. The summed E-state index contributed by atoms with van der Waals surface area (Å²) in [5.74, 6) is -0.237. The lowest BCUT2D eigenvalue weighted by atomic mass is 10.2. The lowest BCUT2D eigenvalue weighted by Gasteiger charge is -2.22. The van der Waals surface area contributed by atoms with Gasteiger partial charge in [-0.3, -0.25) is 4.79 Å². The summed E-state index contributed by atoms with van der Waals surface area (Å²) in [6, 6.07) is 1.53. The molecule has 0 saturated carbocycles. The van der Waals surface area contributed by atoms with Crippen LogP contribution in [0.5, 0.6) is 0 Å². The van der Waals surface area contributed by atoms with E-state index in [2.05, 4.69) is 26.2 Å². The molecule has 0 aliphatic carbocycles. The van der Waals surface area contributed by atoms with Crippen LogP contribution in [0.2, 0.25) is 0 Å². The first kappa shape index (κ1) is 17.8. The van der Waals surface area contributed by atoms with Gasteiger partial charge in [-0.25, -0.2) is 13.8 Å². The standard InChI is InChI=1S/C13H18BrF2N3O2/c1-2-3-17-12-10(6-9(14)7-18-12)13(21)19(4-5-20)8-11(15)16/h6-7,11,20H,2-5,8H2,1H3,(H,17,18). The molecule has 0 aliphatic rings. The number of alkyl halides is 2.